The van der Waals surface area contributed by atoms with E-state index in [4.69, 9.17) is 14.0 Å². The van der Waals surface area contributed by atoms with Gasteiger partial charge in [0, 0.05) is 0 Å². The maximum absolute atomic E-state index is 10.8. The van der Waals surface area contributed by atoms with E-state index in [0.29, 0.717) is 10.4 Å². The van der Waals surface area contributed by atoms with E-state index >= 15 is 0 Å². The molecule has 6 heteroatoms. The highest BCUT2D eigenvalue weighted by atomic mass is 79.9. The minimum Gasteiger partial charge on any atom is -0.477 e. The Balaban J connectivity index is 2.58. The van der Waals surface area contributed by atoms with Gasteiger partial charge in [0.15, 0.2) is 10.4 Å². The smallest absolute Gasteiger partial charge is 0.341 e. The molecule has 0 aliphatic rings. The number of furan rings is 1. The molecule has 5 nitrogen and oxygen atoms in total. The normalized spacial score (nSPS) is 10.5. The Morgan fingerprint density at radius 2 is 2.27 bits per heavy atom. The highest BCUT2D eigenvalue weighted by Gasteiger charge is 2.21. The van der Waals surface area contributed by atoms with E-state index in [-0.39, 0.29) is 11.3 Å². The van der Waals surface area contributed by atoms with E-state index in [1.54, 1.807) is 13.0 Å². The fourth-order valence-electron chi connectivity index (χ4n) is 1.22. The van der Waals surface area contributed by atoms with Gasteiger partial charge in [-0.3, -0.25) is 0 Å². The molecule has 0 amide bonds. The van der Waals surface area contributed by atoms with Crippen molar-refractivity contribution in [2.75, 3.05) is 0 Å². The van der Waals surface area contributed by atoms with E-state index in [9.17, 15) is 4.79 Å². The quantitative estimate of drug-likeness (QED) is 0.909. The van der Waals surface area contributed by atoms with Gasteiger partial charge in [-0.15, -0.1) is 0 Å². The van der Waals surface area contributed by atoms with E-state index in [1.807, 2.05) is 0 Å². The molecule has 2 rings (SSSR count). The van der Waals surface area contributed by atoms with Gasteiger partial charge in [-0.1, -0.05) is 5.16 Å². The number of carboxylic acids is 1. The van der Waals surface area contributed by atoms with Gasteiger partial charge >= 0.3 is 5.97 Å². The molecular weight excluding hydrogens is 266 g/mol. The Morgan fingerprint density at radius 3 is 2.80 bits per heavy atom. The minimum absolute atomic E-state index is 0.0139. The van der Waals surface area contributed by atoms with E-state index < -0.39 is 5.97 Å². The lowest BCUT2D eigenvalue weighted by atomic mass is 10.2. The number of nitrogens with zero attached hydrogens (tertiary/aromatic N) is 1. The highest BCUT2D eigenvalue weighted by molar-refractivity contribution is 9.10. The molecule has 0 saturated carbocycles. The number of aryl methyl sites for hydroxylation is 1. The molecule has 15 heavy (non-hydrogen) atoms. The second kappa shape index (κ2) is 3.54. The van der Waals surface area contributed by atoms with E-state index in [0.717, 1.165) is 11.8 Å². The lowest BCUT2D eigenvalue weighted by Gasteiger charge is -1.93. The van der Waals surface area contributed by atoms with Crippen molar-refractivity contribution >= 4 is 21.9 Å². The van der Waals surface area contributed by atoms with Crippen molar-refractivity contribution in [1.29, 1.82) is 0 Å². The van der Waals surface area contributed by atoms with Gasteiger partial charge in [0.2, 0.25) is 5.76 Å². The van der Waals surface area contributed by atoms with Gasteiger partial charge in [-0.05, 0) is 34.5 Å². The third-order valence-electron chi connectivity index (χ3n) is 1.89. The Morgan fingerprint density at radius 1 is 1.53 bits per heavy atom. The molecule has 2 aromatic rings. The summed E-state index contributed by atoms with van der Waals surface area (Å²) < 4.78 is 10.6. The van der Waals surface area contributed by atoms with Gasteiger partial charge in [-0.25, -0.2) is 4.79 Å². The minimum atomic E-state index is -1.10. The zero-order valence-electron chi connectivity index (χ0n) is 7.65. The Bertz CT molecular complexity index is 514. The number of hydrogen-bond acceptors (Lipinski definition) is 4. The molecule has 0 bridgehead atoms. The molecule has 0 fully saturated rings. The Labute approximate surface area is 92.8 Å². The maximum Gasteiger partial charge on any atom is 0.341 e. The Hall–Kier alpha value is -1.56. The number of rotatable bonds is 2. The predicted molar refractivity (Wildman–Crippen MR) is 53.6 cm³/mol. The summed E-state index contributed by atoms with van der Waals surface area (Å²) >= 11 is 3.15. The van der Waals surface area contributed by atoms with Crippen molar-refractivity contribution in [3.63, 3.8) is 0 Å². The van der Waals surface area contributed by atoms with Gasteiger partial charge in [0.1, 0.15) is 5.56 Å². The van der Waals surface area contributed by atoms with Crippen LogP contribution >= 0.6 is 15.9 Å². The van der Waals surface area contributed by atoms with Crippen molar-refractivity contribution in [1.82, 2.24) is 5.16 Å². The first-order chi connectivity index (χ1) is 7.09. The van der Waals surface area contributed by atoms with Crippen molar-refractivity contribution in [3.8, 4) is 11.5 Å². The zero-order chi connectivity index (χ0) is 11.0. The molecule has 0 spiro atoms. The summed E-state index contributed by atoms with van der Waals surface area (Å²) in [4.78, 5) is 10.8. The number of hydrogen-bond donors (Lipinski definition) is 1. The lowest BCUT2D eigenvalue weighted by molar-refractivity contribution is 0.0697. The standard InChI is InChI=1S/C9H6BrNO4/c1-4-2-6(10)14-7(4)8-5(9(12)13)3-11-15-8/h2-3H,1H3,(H,12,13). The van der Waals surface area contributed by atoms with Gasteiger partial charge in [-0.2, -0.15) is 0 Å². The average molecular weight is 272 g/mol. The van der Waals surface area contributed by atoms with Crippen LogP contribution in [0.2, 0.25) is 0 Å². The molecule has 2 aromatic heterocycles. The SMILES string of the molecule is Cc1cc(Br)oc1-c1oncc1C(=O)O. The molecule has 78 valence electrons. The monoisotopic (exact) mass is 271 g/mol. The fraction of sp³-hybridized carbons (Fsp3) is 0.111. The third kappa shape index (κ3) is 1.68. The topological polar surface area (TPSA) is 76.5 Å². The molecule has 2 heterocycles. The third-order valence-corrected chi connectivity index (χ3v) is 2.29. The van der Waals surface area contributed by atoms with Crippen molar-refractivity contribution in [2.24, 2.45) is 0 Å². The summed E-state index contributed by atoms with van der Waals surface area (Å²) in [5.41, 5.74) is 0.765. The predicted octanol–water partition coefficient (Wildman–Crippen LogP) is 2.70. The maximum atomic E-state index is 10.8. The van der Waals surface area contributed by atoms with Gasteiger partial charge in [0.25, 0.3) is 0 Å². The van der Waals surface area contributed by atoms with Crippen LogP contribution in [0.5, 0.6) is 0 Å². The number of halogens is 1. The summed E-state index contributed by atoms with van der Waals surface area (Å²) in [7, 11) is 0. The van der Waals surface area contributed by atoms with E-state index in [1.165, 1.54) is 0 Å². The first-order valence-corrected chi connectivity index (χ1v) is 4.83. The summed E-state index contributed by atoms with van der Waals surface area (Å²) in [5, 5.41) is 12.3. The molecule has 0 aromatic carbocycles. The second-order valence-corrected chi connectivity index (χ2v) is 3.72. The van der Waals surface area contributed by atoms with Gasteiger partial charge < -0.3 is 14.0 Å². The lowest BCUT2D eigenvalue weighted by Crippen LogP contribution is -1.95. The molecule has 0 saturated heterocycles. The molecular formula is C9H6BrNO4. The highest BCUT2D eigenvalue weighted by Crippen LogP contribution is 2.31. The largest absolute Gasteiger partial charge is 0.477 e. The summed E-state index contributed by atoms with van der Waals surface area (Å²) in [5.74, 6) is -0.597. The van der Waals surface area contributed by atoms with Crippen LogP contribution in [-0.4, -0.2) is 16.2 Å². The first-order valence-electron chi connectivity index (χ1n) is 4.04. The fourth-order valence-corrected chi connectivity index (χ4v) is 1.73. The zero-order valence-corrected chi connectivity index (χ0v) is 9.24. The molecule has 0 aliphatic carbocycles. The number of carboxylic acid groups (broad SMARTS) is 1. The Kier molecular flexibility index (Phi) is 2.36. The molecule has 0 atom stereocenters. The number of carbonyl (C=O) groups is 1. The molecule has 0 unspecified atom stereocenters. The first kappa shape index (κ1) is 9.97. The van der Waals surface area contributed by atoms with Gasteiger partial charge in [0.05, 0.1) is 6.20 Å². The van der Waals surface area contributed by atoms with Crippen LogP contribution in [0.15, 0.2) is 25.9 Å². The average Bonchev–Trinajstić information content (AvgIpc) is 2.71. The van der Waals surface area contributed by atoms with E-state index in [2.05, 4.69) is 21.1 Å². The van der Waals surface area contributed by atoms with Crippen LogP contribution < -0.4 is 0 Å². The number of aromatic nitrogens is 1. The summed E-state index contributed by atoms with van der Waals surface area (Å²) in [6, 6.07) is 1.73. The molecule has 1 N–H and O–H groups in total. The van der Waals surface area contributed by atoms with Crippen molar-refractivity contribution in [2.45, 2.75) is 6.92 Å². The van der Waals surface area contributed by atoms with Crippen LogP contribution in [-0.2, 0) is 0 Å². The number of aromatic carboxylic acids is 1. The van der Waals surface area contributed by atoms with Crippen LogP contribution in [0.3, 0.4) is 0 Å². The summed E-state index contributed by atoms with van der Waals surface area (Å²) in [6.07, 6.45) is 1.15. The molecule has 0 radical (unpaired) electrons. The van der Waals surface area contributed by atoms with Crippen LogP contribution in [0.1, 0.15) is 15.9 Å². The second-order valence-electron chi connectivity index (χ2n) is 2.94. The van der Waals surface area contributed by atoms with Crippen LogP contribution in [0.25, 0.3) is 11.5 Å². The molecule has 0 aliphatic heterocycles. The van der Waals surface area contributed by atoms with Crippen LogP contribution in [0, 0.1) is 6.92 Å². The van der Waals surface area contributed by atoms with Crippen molar-refractivity contribution < 1.29 is 18.8 Å². The summed E-state index contributed by atoms with van der Waals surface area (Å²) in [6.45, 7) is 1.79. The van der Waals surface area contributed by atoms with Crippen LogP contribution in [0.4, 0.5) is 0 Å². The van der Waals surface area contributed by atoms with Crippen molar-refractivity contribution in [3.05, 3.63) is 28.1 Å².